The van der Waals surface area contributed by atoms with Crippen LogP contribution in [0.5, 0.6) is 0 Å². The van der Waals surface area contributed by atoms with Crippen molar-refractivity contribution in [1.29, 1.82) is 0 Å². The predicted octanol–water partition coefficient (Wildman–Crippen LogP) is 3.94. The zero-order valence-corrected chi connectivity index (χ0v) is 14.6. The molecule has 2 aromatic rings. The van der Waals surface area contributed by atoms with Gasteiger partial charge in [0.05, 0.1) is 11.9 Å². The number of carbonyl (C=O) groups excluding carboxylic acids is 1. The van der Waals surface area contributed by atoms with Crippen LogP contribution in [0, 0.1) is 5.92 Å². The number of aromatic nitrogens is 1. The van der Waals surface area contributed by atoms with Gasteiger partial charge in [0, 0.05) is 18.3 Å². The molecule has 1 unspecified atom stereocenters. The second kappa shape index (κ2) is 7.04. The Hall–Kier alpha value is -2.36. The van der Waals surface area contributed by atoms with Gasteiger partial charge in [0.15, 0.2) is 0 Å². The lowest BCUT2D eigenvalue weighted by Gasteiger charge is -2.24. The Morgan fingerprint density at radius 3 is 2.79 bits per heavy atom. The SMILES string of the molecule is CC(C)CCNC(=O)c1ccc(N2c3ccccc3CC2C)cn1. The Bertz CT molecular complexity index is 709. The van der Waals surface area contributed by atoms with Crippen molar-refractivity contribution in [1.82, 2.24) is 10.3 Å². The Morgan fingerprint density at radius 2 is 2.08 bits per heavy atom. The number of carbonyl (C=O) groups is 1. The second-order valence-electron chi connectivity index (χ2n) is 6.89. The van der Waals surface area contributed by atoms with Gasteiger partial charge in [0.1, 0.15) is 5.69 Å². The standard InChI is InChI=1S/C20H25N3O/c1-14(2)10-11-21-20(24)18-9-8-17(13-22-18)23-15(3)12-16-6-4-5-7-19(16)23/h4-9,13-15H,10-12H2,1-3H3,(H,21,24). The van der Waals surface area contributed by atoms with Crippen LogP contribution in [0.4, 0.5) is 11.4 Å². The first-order chi connectivity index (χ1) is 11.6. The lowest BCUT2D eigenvalue weighted by atomic mass is 10.1. The van der Waals surface area contributed by atoms with Gasteiger partial charge in [-0.05, 0) is 49.4 Å². The summed E-state index contributed by atoms with van der Waals surface area (Å²) in [6.45, 7) is 7.20. The lowest BCUT2D eigenvalue weighted by molar-refractivity contribution is 0.0947. The molecule has 2 heterocycles. The molecule has 1 atom stereocenters. The molecule has 24 heavy (non-hydrogen) atoms. The second-order valence-corrected chi connectivity index (χ2v) is 6.89. The third kappa shape index (κ3) is 3.42. The molecule has 0 bridgehead atoms. The van der Waals surface area contributed by atoms with E-state index in [1.54, 1.807) is 6.20 Å². The number of benzene rings is 1. The topological polar surface area (TPSA) is 45.2 Å². The quantitative estimate of drug-likeness (QED) is 0.906. The minimum absolute atomic E-state index is 0.0999. The van der Waals surface area contributed by atoms with Crippen molar-refractivity contribution in [2.75, 3.05) is 11.4 Å². The van der Waals surface area contributed by atoms with Gasteiger partial charge in [0.2, 0.25) is 0 Å². The van der Waals surface area contributed by atoms with Crippen molar-refractivity contribution in [3.05, 3.63) is 53.9 Å². The fourth-order valence-electron chi connectivity index (χ4n) is 3.19. The van der Waals surface area contributed by atoms with E-state index in [1.165, 1.54) is 11.3 Å². The molecule has 0 aliphatic carbocycles. The van der Waals surface area contributed by atoms with Gasteiger partial charge in [-0.1, -0.05) is 32.0 Å². The number of fused-ring (bicyclic) bond motifs is 1. The van der Waals surface area contributed by atoms with E-state index >= 15 is 0 Å². The molecule has 1 amide bonds. The zero-order chi connectivity index (χ0) is 17.1. The van der Waals surface area contributed by atoms with E-state index in [0.717, 1.165) is 18.5 Å². The van der Waals surface area contributed by atoms with Crippen LogP contribution in [-0.4, -0.2) is 23.5 Å². The Morgan fingerprint density at radius 1 is 1.29 bits per heavy atom. The van der Waals surface area contributed by atoms with Crippen LogP contribution in [0.3, 0.4) is 0 Å². The van der Waals surface area contributed by atoms with E-state index in [-0.39, 0.29) is 5.91 Å². The predicted molar refractivity (Wildman–Crippen MR) is 97.8 cm³/mol. The third-order valence-electron chi connectivity index (χ3n) is 4.47. The highest BCUT2D eigenvalue weighted by atomic mass is 16.1. The van der Waals surface area contributed by atoms with E-state index in [9.17, 15) is 4.79 Å². The number of nitrogens with one attached hydrogen (secondary N) is 1. The smallest absolute Gasteiger partial charge is 0.269 e. The number of amides is 1. The first-order valence-corrected chi connectivity index (χ1v) is 8.67. The fraction of sp³-hybridized carbons (Fsp3) is 0.400. The fourth-order valence-corrected chi connectivity index (χ4v) is 3.19. The Labute approximate surface area is 143 Å². The van der Waals surface area contributed by atoms with Gasteiger partial charge < -0.3 is 10.2 Å². The normalized spacial score (nSPS) is 16.3. The lowest BCUT2D eigenvalue weighted by Crippen LogP contribution is -2.27. The summed E-state index contributed by atoms with van der Waals surface area (Å²) >= 11 is 0. The van der Waals surface area contributed by atoms with Gasteiger partial charge in [-0.25, -0.2) is 4.98 Å². The van der Waals surface area contributed by atoms with Crippen LogP contribution < -0.4 is 10.2 Å². The molecule has 1 aromatic carbocycles. The summed E-state index contributed by atoms with van der Waals surface area (Å²) in [7, 11) is 0. The van der Waals surface area contributed by atoms with Gasteiger partial charge in [-0.3, -0.25) is 4.79 Å². The molecule has 0 saturated carbocycles. The summed E-state index contributed by atoms with van der Waals surface area (Å²) in [5.74, 6) is 0.481. The number of rotatable bonds is 5. The molecule has 4 heteroatoms. The van der Waals surface area contributed by atoms with Crippen molar-refractivity contribution >= 4 is 17.3 Å². The van der Waals surface area contributed by atoms with E-state index in [4.69, 9.17) is 0 Å². The highest BCUT2D eigenvalue weighted by Gasteiger charge is 2.26. The number of hydrogen-bond acceptors (Lipinski definition) is 3. The number of pyridine rings is 1. The maximum Gasteiger partial charge on any atom is 0.269 e. The minimum atomic E-state index is -0.0999. The van der Waals surface area contributed by atoms with Gasteiger partial charge in [-0.15, -0.1) is 0 Å². The highest BCUT2D eigenvalue weighted by Crippen LogP contribution is 2.37. The summed E-state index contributed by atoms with van der Waals surface area (Å²) < 4.78 is 0. The van der Waals surface area contributed by atoms with E-state index in [2.05, 4.69) is 60.2 Å². The molecule has 0 spiro atoms. The molecule has 0 fully saturated rings. The Kier molecular flexibility index (Phi) is 4.84. The molecule has 0 radical (unpaired) electrons. The summed E-state index contributed by atoms with van der Waals surface area (Å²) in [4.78, 5) is 18.8. The van der Waals surface area contributed by atoms with Crippen LogP contribution in [0.1, 0.15) is 43.2 Å². The van der Waals surface area contributed by atoms with Crippen molar-refractivity contribution < 1.29 is 4.79 Å². The van der Waals surface area contributed by atoms with Gasteiger partial charge in [0.25, 0.3) is 5.91 Å². The first kappa shape index (κ1) is 16.5. The number of hydrogen-bond donors (Lipinski definition) is 1. The van der Waals surface area contributed by atoms with Gasteiger partial charge in [-0.2, -0.15) is 0 Å². The molecule has 1 aromatic heterocycles. The van der Waals surface area contributed by atoms with E-state index < -0.39 is 0 Å². The average molecular weight is 323 g/mol. The van der Waals surface area contributed by atoms with Crippen molar-refractivity contribution in [3.63, 3.8) is 0 Å². The molecular formula is C20H25N3O. The van der Waals surface area contributed by atoms with Gasteiger partial charge >= 0.3 is 0 Å². The molecule has 1 aliphatic heterocycles. The number of nitrogens with zero attached hydrogens (tertiary/aromatic N) is 2. The third-order valence-corrected chi connectivity index (χ3v) is 4.47. The molecule has 126 valence electrons. The summed E-state index contributed by atoms with van der Waals surface area (Å²) in [6.07, 6.45) is 3.81. The number of para-hydroxylation sites is 1. The van der Waals surface area contributed by atoms with Crippen LogP contribution in [0.2, 0.25) is 0 Å². The van der Waals surface area contributed by atoms with Crippen LogP contribution in [0.25, 0.3) is 0 Å². The van der Waals surface area contributed by atoms with Crippen molar-refractivity contribution in [2.45, 2.75) is 39.7 Å². The minimum Gasteiger partial charge on any atom is -0.351 e. The largest absolute Gasteiger partial charge is 0.351 e. The molecular weight excluding hydrogens is 298 g/mol. The zero-order valence-electron chi connectivity index (χ0n) is 14.6. The average Bonchev–Trinajstić information content (AvgIpc) is 2.90. The molecule has 0 saturated heterocycles. The molecule has 4 nitrogen and oxygen atoms in total. The monoisotopic (exact) mass is 323 g/mol. The highest BCUT2D eigenvalue weighted by molar-refractivity contribution is 5.92. The Balaban J connectivity index is 1.72. The molecule has 1 N–H and O–H groups in total. The van der Waals surface area contributed by atoms with Crippen molar-refractivity contribution in [2.24, 2.45) is 5.92 Å². The molecule has 3 rings (SSSR count). The first-order valence-electron chi connectivity index (χ1n) is 8.67. The molecule has 1 aliphatic rings. The van der Waals surface area contributed by atoms with E-state index in [0.29, 0.717) is 24.2 Å². The summed E-state index contributed by atoms with van der Waals surface area (Å²) in [6, 6.07) is 12.7. The van der Waals surface area contributed by atoms with Crippen LogP contribution >= 0.6 is 0 Å². The summed E-state index contributed by atoms with van der Waals surface area (Å²) in [5.41, 5.74) is 4.11. The van der Waals surface area contributed by atoms with E-state index in [1.807, 2.05) is 12.1 Å². The van der Waals surface area contributed by atoms with Crippen molar-refractivity contribution in [3.8, 4) is 0 Å². The van der Waals surface area contributed by atoms with Crippen LogP contribution in [-0.2, 0) is 6.42 Å². The maximum atomic E-state index is 12.1. The summed E-state index contributed by atoms with van der Waals surface area (Å²) in [5, 5.41) is 2.93. The number of anilines is 2. The van der Waals surface area contributed by atoms with Crippen LogP contribution in [0.15, 0.2) is 42.6 Å². The maximum absolute atomic E-state index is 12.1.